The number of nitrogens with one attached hydrogen (secondary N) is 1. The summed E-state index contributed by atoms with van der Waals surface area (Å²) in [6.07, 6.45) is 1.40. The molecule has 1 aromatic carbocycles. The summed E-state index contributed by atoms with van der Waals surface area (Å²) in [7, 11) is 1.51. The number of methoxy groups -OCH3 is 1. The number of esters is 1. The van der Waals surface area contributed by atoms with Gasteiger partial charge in [-0.05, 0) is 36.8 Å². The van der Waals surface area contributed by atoms with Gasteiger partial charge in [0.05, 0.1) is 19.8 Å². The molecule has 0 unspecified atom stereocenters. The highest BCUT2D eigenvalue weighted by molar-refractivity contribution is 6.02. The fraction of sp³-hybridized carbons (Fsp3) is 0.250. The average Bonchev–Trinajstić information content (AvgIpc) is 2.72. The Kier molecular flexibility index (Phi) is 7.82. The summed E-state index contributed by atoms with van der Waals surface area (Å²) >= 11 is 0. The molecule has 0 saturated heterocycles. The number of aromatic nitrogens is 2. The highest BCUT2D eigenvalue weighted by Crippen LogP contribution is 2.14. The smallest absolute Gasteiger partial charge is 0.348 e. The predicted molar refractivity (Wildman–Crippen MR) is 105 cm³/mol. The van der Waals surface area contributed by atoms with Crippen LogP contribution in [0.15, 0.2) is 46.8 Å². The number of carbonyl (C=O) groups excluding carboxylic acids is 2. The van der Waals surface area contributed by atoms with E-state index in [0.717, 1.165) is 4.68 Å². The van der Waals surface area contributed by atoms with Crippen molar-refractivity contribution < 1.29 is 19.1 Å². The van der Waals surface area contributed by atoms with Crippen molar-refractivity contribution in [3.8, 4) is 6.07 Å². The van der Waals surface area contributed by atoms with Crippen LogP contribution in [0.2, 0.25) is 0 Å². The van der Waals surface area contributed by atoms with Crippen molar-refractivity contribution in [3.05, 3.63) is 63.6 Å². The van der Waals surface area contributed by atoms with Crippen LogP contribution in [0.1, 0.15) is 23.0 Å². The molecule has 0 aliphatic carbocycles. The van der Waals surface area contributed by atoms with Gasteiger partial charge in [0, 0.05) is 18.9 Å². The molecular weight excluding hydrogens is 376 g/mol. The standard InChI is InChI=1S/C20H20N4O5/c1-3-29-20(27)15(13-21)12-14-4-6-16(7-5-14)22-19(26)17-8-9-18(25)24(23-17)10-11-28-2/h4-9,12H,3,10-11H2,1-2H3,(H,22,26)/b15-12+. The van der Waals surface area contributed by atoms with Gasteiger partial charge >= 0.3 is 5.97 Å². The lowest BCUT2D eigenvalue weighted by molar-refractivity contribution is -0.137. The van der Waals surface area contributed by atoms with Crippen LogP contribution >= 0.6 is 0 Å². The molecular formula is C20H20N4O5. The second-order valence-corrected chi connectivity index (χ2v) is 5.74. The lowest BCUT2D eigenvalue weighted by Gasteiger charge is -2.08. The lowest BCUT2D eigenvalue weighted by atomic mass is 10.1. The summed E-state index contributed by atoms with van der Waals surface area (Å²) < 4.78 is 10.9. The number of rotatable bonds is 8. The maximum Gasteiger partial charge on any atom is 0.348 e. The van der Waals surface area contributed by atoms with E-state index in [1.54, 1.807) is 37.3 Å². The second-order valence-electron chi connectivity index (χ2n) is 5.74. The van der Waals surface area contributed by atoms with E-state index < -0.39 is 11.9 Å². The molecule has 1 aromatic heterocycles. The summed E-state index contributed by atoms with van der Waals surface area (Å²) in [5.41, 5.74) is 0.714. The first kappa shape index (κ1) is 21.5. The molecule has 1 amide bonds. The van der Waals surface area contributed by atoms with Crippen molar-refractivity contribution in [1.82, 2.24) is 9.78 Å². The predicted octanol–water partition coefficient (Wildman–Crippen LogP) is 1.61. The zero-order chi connectivity index (χ0) is 21.2. The first-order valence-corrected chi connectivity index (χ1v) is 8.76. The van der Waals surface area contributed by atoms with E-state index in [1.807, 2.05) is 0 Å². The Morgan fingerprint density at radius 3 is 2.59 bits per heavy atom. The van der Waals surface area contributed by atoms with Crippen LogP contribution in [0.3, 0.4) is 0 Å². The van der Waals surface area contributed by atoms with Crippen molar-refractivity contribution in [3.63, 3.8) is 0 Å². The number of ether oxygens (including phenoxy) is 2. The van der Waals surface area contributed by atoms with Crippen molar-refractivity contribution in [2.45, 2.75) is 13.5 Å². The number of amides is 1. The van der Waals surface area contributed by atoms with Gasteiger partial charge in [0.1, 0.15) is 17.3 Å². The maximum absolute atomic E-state index is 12.4. The average molecular weight is 396 g/mol. The van der Waals surface area contributed by atoms with Crippen LogP contribution in [0, 0.1) is 11.3 Å². The van der Waals surface area contributed by atoms with Gasteiger partial charge < -0.3 is 14.8 Å². The van der Waals surface area contributed by atoms with E-state index in [-0.39, 0.29) is 30.0 Å². The van der Waals surface area contributed by atoms with Crippen LogP contribution in [0.4, 0.5) is 5.69 Å². The van der Waals surface area contributed by atoms with Gasteiger partial charge in [-0.3, -0.25) is 9.59 Å². The molecule has 9 heteroatoms. The molecule has 1 heterocycles. The molecule has 0 bridgehead atoms. The van der Waals surface area contributed by atoms with Gasteiger partial charge in [0.15, 0.2) is 0 Å². The molecule has 2 rings (SSSR count). The summed E-state index contributed by atoms with van der Waals surface area (Å²) in [4.78, 5) is 35.8. The normalized spacial score (nSPS) is 10.9. The molecule has 29 heavy (non-hydrogen) atoms. The molecule has 0 atom stereocenters. The van der Waals surface area contributed by atoms with Gasteiger partial charge in [-0.1, -0.05) is 12.1 Å². The number of hydrogen-bond acceptors (Lipinski definition) is 7. The molecule has 0 spiro atoms. The molecule has 2 aromatic rings. The Labute approximate surface area is 167 Å². The van der Waals surface area contributed by atoms with E-state index in [4.69, 9.17) is 14.7 Å². The van der Waals surface area contributed by atoms with Crippen molar-refractivity contribution in [2.75, 3.05) is 25.6 Å². The van der Waals surface area contributed by atoms with E-state index in [0.29, 0.717) is 17.9 Å². The van der Waals surface area contributed by atoms with E-state index in [2.05, 4.69) is 10.4 Å². The second kappa shape index (κ2) is 10.5. The molecule has 0 aliphatic rings. The fourth-order valence-electron chi connectivity index (χ4n) is 2.28. The quantitative estimate of drug-likeness (QED) is 0.408. The maximum atomic E-state index is 12.4. The zero-order valence-electron chi connectivity index (χ0n) is 16.0. The third kappa shape index (κ3) is 6.12. The molecule has 1 N–H and O–H groups in total. The summed E-state index contributed by atoms with van der Waals surface area (Å²) in [6, 6.07) is 10.9. The van der Waals surface area contributed by atoms with Gasteiger partial charge in [-0.2, -0.15) is 10.4 Å². The first-order valence-electron chi connectivity index (χ1n) is 8.76. The molecule has 0 saturated carbocycles. The van der Waals surface area contributed by atoms with Crippen LogP contribution in [-0.4, -0.2) is 42.0 Å². The van der Waals surface area contributed by atoms with Gasteiger partial charge in [-0.25, -0.2) is 9.48 Å². The number of carbonyl (C=O) groups is 2. The van der Waals surface area contributed by atoms with Crippen LogP contribution in [0.25, 0.3) is 6.08 Å². The lowest BCUT2D eigenvalue weighted by Crippen LogP contribution is -2.27. The fourth-order valence-corrected chi connectivity index (χ4v) is 2.28. The van der Waals surface area contributed by atoms with Gasteiger partial charge in [0.25, 0.3) is 11.5 Å². The molecule has 0 aliphatic heterocycles. The van der Waals surface area contributed by atoms with Crippen LogP contribution < -0.4 is 10.9 Å². The largest absolute Gasteiger partial charge is 0.462 e. The Morgan fingerprint density at radius 2 is 1.97 bits per heavy atom. The Morgan fingerprint density at radius 1 is 1.24 bits per heavy atom. The minimum atomic E-state index is -0.693. The number of anilines is 1. The van der Waals surface area contributed by atoms with Crippen molar-refractivity contribution >= 4 is 23.6 Å². The highest BCUT2D eigenvalue weighted by Gasteiger charge is 2.11. The van der Waals surface area contributed by atoms with Crippen molar-refractivity contribution in [1.29, 1.82) is 5.26 Å². The number of benzene rings is 1. The summed E-state index contributed by atoms with van der Waals surface area (Å²) in [6.45, 7) is 2.36. The van der Waals surface area contributed by atoms with E-state index in [1.165, 1.54) is 25.3 Å². The zero-order valence-corrected chi connectivity index (χ0v) is 16.0. The van der Waals surface area contributed by atoms with Crippen LogP contribution in [0.5, 0.6) is 0 Å². The summed E-state index contributed by atoms with van der Waals surface area (Å²) in [5.74, 6) is -1.18. The third-order valence-corrected chi connectivity index (χ3v) is 3.70. The number of hydrogen-bond donors (Lipinski definition) is 1. The Hall–Kier alpha value is -3.77. The number of nitriles is 1. The SMILES string of the molecule is CCOC(=O)/C(C#N)=C/c1ccc(NC(=O)c2ccc(=O)n(CCOC)n2)cc1. The van der Waals surface area contributed by atoms with E-state index >= 15 is 0 Å². The highest BCUT2D eigenvalue weighted by atomic mass is 16.5. The topological polar surface area (TPSA) is 123 Å². The first-order chi connectivity index (χ1) is 14.0. The Bertz CT molecular complexity index is 1000. The van der Waals surface area contributed by atoms with Gasteiger partial charge in [0.2, 0.25) is 0 Å². The molecule has 0 fully saturated rings. The van der Waals surface area contributed by atoms with Gasteiger partial charge in [-0.15, -0.1) is 0 Å². The number of nitrogens with zero attached hydrogens (tertiary/aromatic N) is 3. The monoisotopic (exact) mass is 396 g/mol. The van der Waals surface area contributed by atoms with Crippen molar-refractivity contribution in [2.24, 2.45) is 0 Å². The molecule has 9 nitrogen and oxygen atoms in total. The van der Waals surface area contributed by atoms with E-state index in [9.17, 15) is 14.4 Å². The van der Waals surface area contributed by atoms with Crippen LogP contribution in [-0.2, 0) is 20.8 Å². The molecule has 0 radical (unpaired) electrons. The third-order valence-electron chi connectivity index (χ3n) is 3.70. The minimum Gasteiger partial charge on any atom is -0.462 e. The molecule has 150 valence electrons. The summed E-state index contributed by atoms with van der Waals surface area (Å²) in [5, 5.41) is 15.8. The Balaban J connectivity index is 2.11. The minimum absolute atomic E-state index is 0.0822.